The van der Waals surface area contributed by atoms with E-state index < -0.39 is 0 Å². The fourth-order valence-electron chi connectivity index (χ4n) is 2.16. The van der Waals surface area contributed by atoms with Crippen LogP contribution in [0.5, 0.6) is 0 Å². The number of aromatic nitrogens is 1. The molecule has 114 valence electrons. The van der Waals surface area contributed by atoms with Crippen molar-refractivity contribution in [1.82, 2.24) is 15.2 Å². The van der Waals surface area contributed by atoms with E-state index in [9.17, 15) is 0 Å². The largest absolute Gasteiger partial charge is 0.355 e. The van der Waals surface area contributed by atoms with Gasteiger partial charge in [-0.05, 0) is 32.6 Å². The Hall–Kier alpha value is -1.13. The van der Waals surface area contributed by atoms with Gasteiger partial charge in [-0.15, -0.1) is 0 Å². The third kappa shape index (κ3) is 5.88. The predicted octanol–water partition coefficient (Wildman–Crippen LogP) is 2.22. The van der Waals surface area contributed by atoms with Crippen molar-refractivity contribution >= 4 is 5.82 Å². The van der Waals surface area contributed by atoms with Crippen molar-refractivity contribution in [2.75, 3.05) is 45.2 Å². The van der Waals surface area contributed by atoms with Gasteiger partial charge in [0.15, 0.2) is 0 Å². The molecule has 0 fully saturated rings. The first-order valence-corrected chi connectivity index (χ1v) is 7.58. The van der Waals surface area contributed by atoms with E-state index in [0.29, 0.717) is 5.92 Å². The summed E-state index contributed by atoms with van der Waals surface area (Å²) in [5, 5.41) is 3.40. The molecule has 0 radical (unpaired) electrons. The maximum absolute atomic E-state index is 4.63. The van der Waals surface area contributed by atoms with Crippen LogP contribution in [0.1, 0.15) is 26.3 Å². The van der Waals surface area contributed by atoms with Crippen molar-refractivity contribution in [2.45, 2.75) is 27.3 Å². The fraction of sp³-hybridized carbons (Fsp3) is 0.688. The minimum atomic E-state index is 0.631. The molecule has 0 unspecified atom stereocenters. The third-order valence-electron chi connectivity index (χ3n) is 3.14. The van der Waals surface area contributed by atoms with E-state index in [4.69, 9.17) is 0 Å². The molecule has 4 heteroatoms. The molecule has 20 heavy (non-hydrogen) atoms. The summed E-state index contributed by atoms with van der Waals surface area (Å²) in [4.78, 5) is 9.27. The van der Waals surface area contributed by atoms with Gasteiger partial charge in [-0.3, -0.25) is 0 Å². The number of anilines is 1. The Morgan fingerprint density at radius 1 is 1.25 bits per heavy atom. The summed E-state index contributed by atoms with van der Waals surface area (Å²) in [5.41, 5.74) is 1.29. The number of nitrogens with one attached hydrogen (secondary N) is 1. The number of rotatable bonds is 9. The number of hydrogen-bond acceptors (Lipinski definition) is 4. The quantitative estimate of drug-likeness (QED) is 0.750. The normalized spacial score (nSPS) is 11.3. The fourth-order valence-corrected chi connectivity index (χ4v) is 2.16. The van der Waals surface area contributed by atoms with E-state index in [0.717, 1.165) is 38.5 Å². The molecule has 0 amide bonds. The molecule has 1 heterocycles. The number of hydrogen-bond donors (Lipinski definition) is 1. The summed E-state index contributed by atoms with van der Waals surface area (Å²) in [5.74, 6) is 1.76. The number of pyridine rings is 1. The lowest BCUT2D eigenvalue weighted by molar-refractivity contribution is 0.408. The van der Waals surface area contributed by atoms with Crippen molar-refractivity contribution in [3.8, 4) is 0 Å². The van der Waals surface area contributed by atoms with E-state index in [1.54, 1.807) is 0 Å². The minimum absolute atomic E-state index is 0.631. The molecule has 0 aliphatic heterocycles. The van der Waals surface area contributed by atoms with Gasteiger partial charge in [-0.25, -0.2) is 4.98 Å². The molecule has 0 spiro atoms. The highest BCUT2D eigenvalue weighted by Crippen LogP contribution is 2.18. The zero-order valence-corrected chi connectivity index (χ0v) is 13.7. The monoisotopic (exact) mass is 278 g/mol. The van der Waals surface area contributed by atoms with Gasteiger partial charge >= 0.3 is 0 Å². The van der Waals surface area contributed by atoms with Crippen LogP contribution >= 0.6 is 0 Å². The summed E-state index contributed by atoms with van der Waals surface area (Å²) >= 11 is 0. The average Bonchev–Trinajstić information content (AvgIpc) is 2.41. The Kier molecular flexibility index (Phi) is 7.55. The Morgan fingerprint density at radius 2 is 2.00 bits per heavy atom. The van der Waals surface area contributed by atoms with Crippen molar-refractivity contribution < 1.29 is 0 Å². The van der Waals surface area contributed by atoms with Gasteiger partial charge in [0, 0.05) is 37.9 Å². The molecule has 0 aliphatic rings. The molecule has 0 aliphatic carbocycles. The highest BCUT2D eigenvalue weighted by Gasteiger charge is 2.13. The van der Waals surface area contributed by atoms with Gasteiger partial charge in [0.25, 0.3) is 0 Å². The molecule has 4 nitrogen and oxygen atoms in total. The average molecular weight is 278 g/mol. The second kappa shape index (κ2) is 8.93. The topological polar surface area (TPSA) is 31.4 Å². The van der Waals surface area contributed by atoms with Crippen molar-refractivity contribution in [1.29, 1.82) is 0 Å². The second-order valence-corrected chi connectivity index (χ2v) is 5.91. The zero-order valence-electron chi connectivity index (χ0n) is 13.7. The summed E-state index contributed by atoms with van der Waals surface area (Å²) in [6.07, 6.45) is 1.90. The lowest BCUT2D eigenvalue weighted by atomic mass is 10.1. The zero-order chi connectivity index (χ0) is 15.0. The van der Waals surface area contributed by atoms with Crippen molar-refractivity contribution in [3.63, 3.8) is 0 Å². The maximum Gasteiger partial charge on any atom is 0.133 e. The SMILES string of the molecule is CCNCc1cccnc1N(CCN(C)C)CC(C)C. The minimum Gasteiger partial charge on any atom is -0.355 e. The predicted molar refractivity (Wildman–Crippen MR) is 87.2 cm³/mol. The second-order valence-electron chi connectivity index (χ2n) is 5.91. The molecule has 0 saturated heterocycles. The Morgan fingerprint density at radius 3 is 2.60 bits per heavy atom. The highest BCUT2D eigenvalue weighted by molar-refractivity contribution is 5.46. The van der Waals surface area contributed by atoms with Gasteiger partial charge in [-0.2, -0.15) is 0 Å². The van der Waals surface area contributed by atoms with Gasteiger partial charge in [0.1, 0.15) is 5.82 Å². The Balaban J connectivity index is 2.87. The molecular formula is C16H30N4. The van der Waals surface area contributed by atoms with Crippen LogP contribution in [0.4, 0.5) is 5.82 Å². The van der Waals surface area contributed by atoms with Gasteiger partial charge < -0.3 is 15.1 Å². The maximum atomic E-state index is 4.63. The summed E-state index contributed by atoms with van der Waals surface area (Å²) in [6, 6.07) is 4.20. The molecule has 1 N–H and O–H groups in total. The Labute approximate surface area is 124 Å². The van der Waals surface area contributed by atoms with Gasteiger partial charge in [-0.1, -0.05) is 26.8 Å². The third-order valence-corrected chi connectivity index (χ3v) is 3.14. The molecule has 0 aromatic carbocycles. The van der Waals surface area contributed by atoms with Crippen molar-refractivity contribution in [2.24, 2.45) is 5.92 Å². The standard InChI is InChI=1S/C16H30N4/c1-6-17-12-15-8-7-9-18-16(15)20(13-14(2)3)11-10-19(4)5/h7-9,14,17H,6,10-13H2,1-5H3. The number of nitrogens with zero attached hydrogens (tertiary/aromatic N) is 3. The van der Waals surface area contributed by atoms with E-state index in [1.807, 2.05) is 12.3 Å². The van der Waals surface area contributed by atoms with Gasteiger partial charge in [0.05, 0.1) is 0 Å². The van der Waals surface area contributed by atoms with Crippen LogP contribution < -0.4 is 10.2 Å². The van der Waals surface area contributed by atoms with Crippen LogP contribution in [-0.2, 0) is 6.54 Å². The molecule has 0 saturated carbocycles. The molecule has 0 atom stereocenters. The Bertz CT molecular complexity index is 376. The first-order chi connectivity index (χ1) is 9.54. The van der Waals surface area contributed by atoms with Crippen LogP contribution in [0, 0.1) is 5.92 Å². The van der Waals surface area contributed by atoms with Crippen LogP contribution in [0.3, 0.4) is 0 Å². The van der Waals surface area contributed by atoms with Crippen LogP contribution in [-0.4, -0.2) is 50.2 Å². The summed E-state index contributed by atoms with van der Waals surface area (Å²) in [7, 11) is 4.23. The van der Waals surface area contributed by atoms with E-state index in [2.05, 4.69) is 61.0 Å². The first kappa shape index (κ1) is 16.9. The molecule has 0 bridgehead atoms. The van der Waals surface area contributed by atoms with E-state index >= 15 is 0 Å². The number of likely N-dealkylation sites (N-methyl/N-ethyl adjacent to an activating group) is 1. The van der Waals surface area contributed by atoms with Gasteiger partial charge in [0.2, 0.25) is 0 Å². The van der Waals surface area contributed by atoms with Crippen LogP contribution in [0.2, 0.25) is 0 Å². The molecular weight excluding hydrogens is 248 g/mol. The highest BCUT2D eigenvalue weighted by atomic mass is 15.2. The van der Waals surface area contributed by atoms with Crippen LogP contribution in [0.25, 0.3) is 0 Å². The molecule has 1 aromatic heterocycles. The lowest BCUT2D eigenvalue weighted by Crippen LogP contribution is -2.36. The lowest BCUT2D eigenvalue weighted by Gasteiger charge is -2.29. The first-order valence-electron chi connectivity index (χ1n) is 7.58. The summed E-state index contributed by atoms with van der Waals surface area (Å²) < 4.78 is 0. The smallest absolute Gasteiger partial charge is 0.133 e. The molecule has 1 aromatic rings. The van der Waals surface area contributed by atoms with E-state index in [-0.39, 0.29) is 0 Å². The van der Waals surface area contributed by atoms with E-state index in [1.165, 1.54) is 5.56 Å². The van der Waals surface area contributed by atoms with Crippen LogP contribution in [0.15, 0.2) is 18.3 Å². The molecule has 1 rings (SSSR count). The van der Waals surface area contributed by atoms with Crippen molar-refractivity contribution in [3.05, 3.63) is 23.9 Å². The summed E-state index contributed by atoms with van der Waals surface area (Å²) in [6.45, 7) is 11.6.